The van der Waals surface area contributed by atoms with Crippen molar-refractivity contribution in [1.82, 2.24) is 20.4 Å². The number of benzene rings is 1. The van der Waals surface area contributed by atoms with E-state index >= 15 is 0 Å². The fraction of sp³-hybridized carbons (Fsp3) is 0.333. The van der Waals surface area contributed by atoms with Crippen molar-refractivity contribution >= 4 is 12.1 Å². The van der Waals surface area contributed by atoms with Gasteiger partial charge in [-0.25, -0.2) is 0 Å². The highest BCUT2D eigenvalue weighted by Gasteiger charge is 2.28. The molecule has 1 aromatic carbocycles. The third kappa shape index (κ3) is 4.57. The molecule has 1 atom stereocenters. The molecule has 0 bridgehead atoms. The van der Waals surface area contributed by atoms with E-state index in [9.17, 15) is 4.79 Å². The van der Waals surface area contributed by atoms with Crippen LogP contribution in [0.2, 0.25) is 0 Å². The smallest absolute Gasteiger partial charge is 0.246 e. The number of carbonyl (C=O) groups is 1. The molecular formula is C24H27N5O3. The molecule has 3 aliphatic rings. The quantitative estimate of drug-likeness (QED) is 0.545. The maximum absolute atomic E-state index is 12.1. The summed E-state index contributed by atoms with van der Waals surface area (Å²) in [7, 11) is 3.23. The zero-order valence-corrected chi connectivity index (χ0v) is 18.4. The van der Waals surface area contributed by atoms with Crippen LogP contribution < -0.4 is 20.1 Å². The molecule has 0 saturated carbocycles. The number of hydrogen-bond acceptors (Lipinski definition) is 7. The number of fused-ring (bicyclic) bond motifs is 1. The molecule has 32 heavy (non-hydrogen) atoms. The molecule has 166 valence electrons. The lowest BCUT2D eigenvalue weighted by atomic mass is 10.0. The molecular weight excluding hydrogens is 406 g/mol. The minimum Gasteiger partial charge on any atom is -0.497 e. The van der Waals surface area contributed by atoms with Crippen LogP contribution in [0.4, 0.5) is 0 Å². The first kappa shape index (κ1) is 21.4. The Morgan fingerprint density at radius 1 is 1.31 bits per heavy atom. The van der Waals surface area contributed by atoms with Crippen molar-refractivity contribution in [3.8, 4) is 23.5 Å². The third-order valence-electron chi connectivity index (χ3n) is 5.59. The summed E-state index contributed by atoms with van der Waals surface area (Å²) in [5.74, 6) is 5.43. The van der Waals surface area contributed by atoms with Gasteiger partial charge in [0.25, 0.3) is 0 Å². The van der Waals surface area contributed by atoms with Gasteiger partial charge < -0.3 is 25.0 Å². The molecule has 3 heterocycles. The predicted molar refractivity (Wildman–Crippen MR) is 123 cm³/mol. The minimum atomic E-state index is -0.0360. The van der Waals surface area contributed by atoms with Gasteiger partial charge in [0.2, 0.25) is 5.91 Å². The Bertz CT molecular complexity index is 1040. The van der Waals surface area contributed by atoms with Gasteiger partial charge in [0, 0.05) is 43.0 Å². The predicted octanol–water partition coefficient (Wildman–Crippen LogP) is 1.78. The molecule has 4 rings (SSSR count). The van der Waals surface area contributed by atoms with Gasteiger partial charge >= 0.3 is 0 Å². The SMILES string of the molecule is C=CC(=O)N1CCC[C@H](NC2=C3C=NC=C3NCN2C#Cc2cc(OC)cc(OC)c2)C1. The Labute approximate surface area is 188 Å². The Morgan fingerprint density at radius 3 is 2.81 bits per heavy atom. The second-order valence-corrected chi connectivity index (χ2v) is 7.66. The number of nitrogens with zero attached hydrogens (tertiary/aromatic N) is 3. The Kier molecular flexibility index (Phi) is 6.36. The van der Waals surface area contributed by atoms with Crippen molar-refractivity contribution < 1.29 is 14.3 Å². The monoisotopic (exact) mass is 433 g/mol. The lowest BCUT2D eigenvalue weighted by molar-refractivity contribution is -0.127. The van der Waals surface area contributed by atoms with Gasteiger partial charge in [-0.1, -0.05) is 6.58 Å². The fourth-order valence-corrected chi connectivity index (χ4v) is 3.92. The van der Waals surface area contributed by atoms with Crippen molar-refractivity contribution in [3.05, 3.63) is 59.7 Å². The number of allylic oxidation sites excluding steroid dienone is 1. The highest BCUT2D eigenvalue weighted by molar-refractivity contribution is 5.89. The van der Waals surface area contributed by atoms with Crippen LogP contribution in [0.5, 0.6) is 11.5 Å². The van der Waals surface area contributed by atoms with Gasteiger partial charge in [-0.2, -0.15) is 0 Å². The van der Waals surface area contributed by atoms with E-state index in [2.05, 4.69) is 34.2 Å². The number of hydrogen-bond donors (Lipinski definition) is 2. The van der Waals surface area contributed by atoms with Gasteiger partial charge in [-0.15, -0.1) is 0 Å². The van der Waals surface area contributed by atoms with E-state index in [0.29, 0.717) is 24.7 Å². The van der Waals surface area contributed by atoms with Crippen molar-refractivity contribution in [1.29, 1.82) is 0 Å². The Hall–Kier alpha value is -3.86. The highest BCUT2D eigenvalue weighted by atomic mass is 16.5. The number of piperidine rings is 1. The molecule has 0 aromatic heterocycles. The minimum absolute atomic E-state index is 0.0360. The van der Waals surface area contributed by atoms with E-state index in [-0.39, 0.29) is 11.9 Å². The number of amides is 1. The molecule has 0 aliphatic carbocycles. The highest BCUT2D eigenvalue weighted by Crippen LogP contribution is 2.24. The summed E-state index contributed by atoms with van der Waals surface area (Å²) < 4.78 is 10.7. The summed E-state index contributed by atoms with van der Waals surface area (Å²) in [6.07, 6.45) is 6.91. The maximum atomic E-state index is 12.1. The maximum Gasteiger partial charge on any atom is 0.246 e. The number of carbonyl (C=O) groups excluding carboxylic acids is 1. The fourth-order valence-electron chi connectivity index (χ4n) is 3.92. The zero-order valence-electron chi connectivity index (χ0n) is 18.4. The summed E-state index contributed by atoms with van der Waals surface area (Å²) in [6, 6.07) is 8.91. The van der Waals surface area contributed by atoms with Crippen LogP contribution in [0, 0.1) is 12.0 Å². The lowest BCUT2D eigenvalue weighted by Gasteiger charge is -2.37. The average molecular weight is 434 g/mol. The summed E-state index contributed by atoms with van der Waals surface area (Å²) >= 11 is 0. The number of rotatable bonds is 5. The van der Waals surface area contributed by atoms with Crippen LogP contribution in [0.1, 0.15) is 18.4 Å². The van der Waals surface area contributed by atoms with Crippen LogP contribution in [0.15, 0.2) is 59.1 Å². The molecule has 1 amide bonds. The van der Waals surface area contributed by atoms with E-state index in [1.54, 1.807) is 14.2 Å². The average Bonchev–Trinajstić information content (AvgIpc) is 3.32. The van der Waals surface area contributed by atoms with E-state index in [0.717, 1.165) is 42.0 Å². The van der Waals surface area contributed by atoms with Gasteiger partial charge in [0.15, 0.2) is 0 Å². The lowest BCUT2D eigenvalue weighted by Crippen LogP contribution is -2.51. The van der Waals surface area contributed by atoms with Gasteiger partial charge in [-0.3, -0.25) is 14.7 Å². The van der Waals surface area contributed by atoms with Crippen LogP contribution in [0.25, 0.3) is 0 Å². The van der Waals surface area contributed by atoms with Crippen molar-refractivity contribution in [3.63, 3.8) is 0 Å². The largest absolute Gasteiger partial charge is 0.497 e. The number of nitrogens with one attached hydrogen (secondary N) is 2. The molecule has 8 heteroatoms. The molecule has 1 fully saturated rings. The Balaban J connectivity index is 1.59. The van der Waals surface area contributed by atoms with E-state index in [4.69, 9.17) is 9.47 Å². The molecule has 0 spiro atoms. The number of ether oxygens (including phenoxy) is 2. The molecule has 0 radical (unpaired) electrons. The normalized spacial score (nSPS) is 19.3. The molecule has 1 aromatic rings. The summed E-state index contributed by atoms with van der Waals surface area (Å²) in [6.45, 7) is 5.50. The first-order valence-electron chi connectivity index (χ1n) is 10.5. The summed E-state index contributed by atoms with van der Waals surface area (Å²) in [5.41, 5.74) is 2.71. The second-order valence-electron chi connectivity index (χ2n) is 7.66. The standard InChI is InChI=1S/C24H27N5O3/c1-4-23(30)28-8-5-6-18(15-28)27-24-21-13-25-14-22(21)26-16-29(24)9-7-17-10-19(31-2)12-20(11-17)32-3/h4,10-14,18,26-27H,1,5-6,8,15-16H2,2-3H3/t18-/m0/s1. The molecule has 8 nitrogen and oxygen atoms in total. The van der Waals surface area contributed by atoms with Crippen LogP contribution >= 0.6 is 0 Å². The third-order valence-corrected chi connectivity index (χ3v) is 5.59. The summed E-state index contributed by atoms with van der Waals surface area (Å²) in [5, 5.41) is 6.97. The van der Waals surface area contributed by atoms with Crippen LogP contribution in [-0.2, 0) is 4.79 Å². The molecule has 3 aliphatic heterocycles. The van der Waals surface area contributed by atoms with E-state index in [1.165, 1.54) is 6.08 Å². The first-order chi connectivity index (χ1) is 15.6. The molecule has 1 saturated heterocycles. The van der Waals surface area contributed by atoms with Crippen LogP contribution in [-0.4, -0.2) is 61.9 Å². The second kappa shape index (κ2) is 9.52. The van der Waals surface area contributed by atoms with Crippen molar-refractivity contribution in [2.75, 3.05) is 34.0 Å². The topological polar surface area (TPSA) is 78.4 Å². The number of likely N-dealkylation sites (tertiary alicyclic amines) is 1. The molecule has 0 unspecified atom stereocenters. The Morgan fingerprint density at radius 2 is 2.09 bits per heavy atom. The number of aliphatic imine (C=N–C) groups is 1. The summed E-state index contributed by atoms with van der Waals surface area (Å²) in [4.78, 5) is 20.1. The zero-order chi connectivity index (χ0) is 22.5. The van der Waals surface area contributed by atoms with Crippen LogP contribution in [0.3, 0.4) is 0 Å². The number of methoxy groups -OCH3 is 2. The van der Waals surface area contributed by atoms with Gasteiger partial charge in [0.1, 0.15) is 24.0 Å². The molecule has 2 N–H and O–H groups in total. The van der Waals surface area contributed by atoms with Crippen molar-refractivity contribution in [2.24, 2.45) is 4.99 Å². The van der Waals surface area contributed by atoms with E-state index in [1.807, 2.05) is 40.4 Å². The van der Waals surface area contributed by atoms with Gasteiger partial charge in [0.05, 0.1) is 31.7 Å². The van der Waals surface area contributed by atoms with E-state index < -0.39 is 0 Å². The van der Waals surface area contributed by atoms with Gasteiger partial charge in [-0.05, 0) is 37.0 Å². The van der Waals surface area contributed by atoms with Crippen molar-refractivity contribution in [2.45, 2.75) is 18.9 Å². The first-order valence-corrected chi connectivity index (χ1v) is 10.5.